The Morgan fingerprint density at radius 3 is 1.64 bits per heavy atom. The molecule has 3 N–H and O–H groups in total. The summed E-state index contributed by atoms with van der Waals surface area (Å²) in [4.78, 5) is 22.9. The van der Waals surface area contributed by atoms with Crippen LogP contribution in [0.2, 0.25) is 0 Å². The maximum absolute atomic E-state index is 12.7. The van der Waals surface area contributed by atoms with Gasteiger partial charge in [-0.15, -0.1) is 0 Å². The van der Waals surface area contributed by atoms with Gasteiger partial charge in [0.1, 0.15) is 13.2 Å². The molecule has 0 aromatic heterocycles. The highest BCUT2D eigenvalue weighted by atomic mass is 31.2. The third-order valence-electron chi connectivity index (χ3n) is 8.72. The van der Waals surface area contributed by atoms with Crippen LogP contribution in [-0.2, 0) is 18.4 Å². The van der Waals surface area contributed by atoms with Crippen LogP contribution in [0.4, 0.5) is 0 Å². The van der Waals surface area contributed by atoms with Gasteiger partial charge in [0.15, 0.2) is 0 Å². The Balaban J connectivity index is 4.05. The van der Waals surface area contributed by atoms with Crippen molar-refractivity contribution in [2.24, 2.45) is 0 Å². The van der Waals surface area contributed by atoms with Crippen LogP contribution in [0.25, 0.3) is 0 Å². The topological polar surface area (TPSA) is 105 Å². The molecule has 306 valence electrons. The van der Waals surface area contributed by atoms with Crippen LogP contribution in [-0.4, -0.2) is 73.4 Å². The Labute approximate surface area is 325 Å². The molecule has 0 spiro atoms. The van der Waals surface area contributed by atoms with Crippen molar-refractivity contribution in [2.45, 2.75) is 161 Å². The molecule has 0 aliphatic carbocycles. The van der Waals surface area contributed by atoms with E-state index in [-0.39, 0.29) is 19.1 Å². The molecular weight excluding hydrogens is 683 g/mol. The van der Waals surface area contributed by atoms with E-state index in [2.05, 4.69) is 92.1 Å². The summed E-state index contributed by atoms with van der Waals surface area (Å²) in [5.74, 6) is -0.167. The van der Waals surface area contributed by atoms with E-state index >= 15 is 0 Å². The number of carbonyl (C=O) groups excluding carboxylic acids is 1. The number of nitrogens with one attached hydrogen (secondary N) is 1. The highest BCUT2D eigenvalue weighted by molar-refractivity contribution is 7.47. The van der Waals surface area contributed by atoms with Crippen molar-refractivity contribution in [2.75, 3.05) is 40.9 Å². The molecule has 0 radical (unpaired) electrons. The standard InChI is InChI=1S/C44H79N2O6P/c1-6-8-10-12-13-14-15-16-17-18-19-20-21-22-23-24-25-26-27-28-29-30-31-32-33-34-36-38-44(48)45-42(43(47)37-35-11-9-7-2)41-52-53(49,50)51-40-39-46(3,4)5/h8,10,13-14,16-17,19-20,22-23,25-26,42-43,47H,6-7,9,11-12,15,18,21,24,27-41H2,1-5H3,(H-,45,48,49,50)/p+1/b10-8-,14-13-,17-16-,20-19-,23-22-,26-25-. The van der Waals surface area contributed by atoms with Gasteiger partial charge in [0.05, 0.1) is 39.9 Å². The number of rotatable bonds is 36. The molecule has 0 heterocycles. The predicted octanol–water partition coefficient (Wildman–Crippen LogP) is 11.2. The number of hydrogen-bond acceptors (Lipinski definition) is 5. The Morgan fingerprint density at radius 2 is 1.13 bits per heavy atom. The summed E-state index contributed by atoms with van der Waals surface area (Å²) in [6.45, 7) is 4.61. The van der Waals surface area contributed by atoms with Gasteiger partial charge in [-0.25, -0.2) is 4.57 Å². The second kappa shape index (κ2) is 35.6. The minimum atomic E-state index is -4.30. The number of amides is 1. The molecule has 3 unspecified atom stereocenters. The van der Waals surface area contributed by atoms with E-state index in [1.54, 1.807) is 0 Å². The summed E-state index contributed by atoms with van der Waals surface area (Å²) in [5.41, 5.74) is 0. The first kappa shape index (κ1) is 50.9. The number of nitrogens with zero attached hydrogens (tertiary/aromatic N) is 1. The molecular formula is C44H80N2O6P+. The minimum absolute atomic E-state index is 0.0677. The van der Waals surface area contributed by atoms with E-state index in [4.69, 9.17) is 9.05 Å². The van der Waals surface area contributed by atoms with Gasteiger partial charge >= 0.3 is 7.82 Å². The zero-order valence-electron chi connectivity index (χ0n) is 34.5. The van der Waals surface area contributed by atoms with Crippen molar-refractivity contribution in [3.63, 3.8) is 0 Å². The molecule has 0 aromatic carbocycles. The number of aliphatic hydroxyl groups excluding tert-OH is 1. The van der Waals surface area contributed by atoms with E-state index in [0.717, 1.165) is 89.9 Å². The van der Waals surface area contributed by atoms with Crippen molar-refractivity contribution < 1.29 is 32.9 Å². The molecule has 53 heavy (non-hydrogen) atoms. The molecule has 0 aliphatic rings. The number of carbonyl (C=O) groups is 1. The molecule has 0 saturated carbocycles. The van der Waals surface area contributed by atoms with Crippen LogP contribution in [0.3, 0.4) is 0 Å². The fourth-order valence-corrected chi connectivity index (χ4v) is 6.14. The Morgan fingerprint density at radius 1 is 0.660 bits per heavy atom. The van der Waals surface area contributed by atoms with E-state index < -0.39 is 20.0 Å². The van der Waals surface area contributed by atoms with Crippen molar-refractivity contribution in [1.82, 2.24) is 5.32 Å². The molecule has 0 bridgehead atoms. The highest BCUT2D eigenvalue weighted by Crippen LogP contribution is 2.43. The van der Waals surface area contributed by atoms with Crippen LogP contribution in [0.5, 0.6) is 0 Å². The Bertz CT molecular complexity index is 1090. The largest absolute Gasteiger partial charge is 0.472 e. The average molecular weight is 764 g/mol. The van der Waals surface area contributed by atoms with Crippen LogP contribution < -0.4 is 5.32 Å². The Kier molecular flexibility index (Phi) is 34.2. The molecule has 3 atom stereocenters. The number of allylic oxidation sites excluding steroid dienone is 12. The SMILES string of the molecule is CC/C=C\C/C=C\C/C=C\C/C=C\C/C=C\C/C=C\CCCCCCCCCCC(=O)NC(COP(=O)(O)OCC[N+](C)(C)C)C(O)CCCCCC. The predicted molar refractivity (Wildman–Crippen MR) is 226 cm³/mol. The lowest BCUT2D eigenvalue weighted by Crippen LogP contribution is -2.46. The van der Waals surface area contributed by atoms with Crippen molar-refractivity contribution in [3.05, 3.63) is 72.9 Å². The van der Waals surface area contributed by atoms with Gasteiger partial charge in [-0.3, -0.25) is 13.8 Å². The first-order valence-corrected chi connectivity index (χ1v) is 22.3. The summed E-state index contributed by atoms with van der Waals surface area (Å²) in [6.07, 6.45) is 47.0. The second-order valence-corrected chi connectivity index (χ2v) is 16.4. The van der Waals surface area contributed by atoms with Crippen molar-refractivity contribution in [1.29, 1.82) is 0 Å². The third-order valence-corrected chi connectivity index (χ3v) is 9.70. The van der Waals surface area contributed by atoms with Crippen LogP contribution in [0.1, 0.15) is 149 Å². The summed E-state index contributed by atoms with van der Waals surface area (Å²) in [7, 11) is 1.59. The third kappa shape index (κ3) is 38.0. The van der Waals surface area contributed by atoms with Gasteiger partial charge in [-0.1, -0.05) is 151 Å². The normalized spacial score (nSPS) is 15.2. The van der Waals surface area contributed by atoms with Gasteiger partial charge < -0.3 is 19.8 Å². The fraction of sp³-hybridized carbons (Fsp3) is 0.705. The Hall–Kier alpha value is -2.06. The maximum atomic E-state index is 12.7. The molecule has 0 aliphatic heterocycles. The smallest absolute Gasteiger partial charge is 0.391 e. The van der Waals surface area contributed by atoms with E-state index in [1.165, 1.54) is 32.1 Å². The number of phosphoric acid groups is 1. The molecule has 9 heteroatoms. The second-order valence-electron chi connectivity index (χ2n) is 15.0. The van der Waals surface area contributed by atoms with Crippen molar-refractivity contribution >= 4 is 13.7 Å². The summed E-state index contributed by atoms with van der Waals surface area (Å²) >= 11 is 0. The number of aliphatic hydroxyl groups is 1. The maximum Gasteiger partial charge on any atom is 0.472 e. The molecule has 1 amide bonds. The molecule has 0 rings (SSSR count). The van der Waals surface area contributed by atoms with Crippen LogP contribution >= 0.6 is 7.82 Å². The van der Waals surface area contributed by atoms with E-state index in [0.29, 0.717) is 23.9 Å². The monoisotopic (exact) mass is 764 g/mol. The van der Waals surface area contributed by atoms with Gasteiger partial charge in [0.2, 0.25) is 5.91 Å². The van der Waals surface area contributed by atoms with Gasteiger partial charge in [-0.05, 0) is 64.2 Å². The number of likely N-dealkylation sites (N-methyl/N-ethyl adjacent to an activating group) is 1. The summed E-state index contributed by atoms with van der Waals surface area (Å²) in [6, 6.07) is -0.764. The summed E-state index contributed by atoms with van der Waals surface area (Å²) in [5, 5.41) is 13.6. The first-order valence-electron chi connectivity index (χ1n) is 20.8. The minimum Gasteiger partial charge on any atom is -0.391 e. The summed E-state index contributed by atoms with van der Waals surface area (Å²) < 4.78 is 23.3. The lowest BCUT2D eigenvalue weighted by Gasteiger charge is -2.26. The zero-order chi connectivity index (χ0) is 39.3. The highest BCUT2D eigenvalue weighted by Gasteiger charge is 2.28. The lowest BCUT2D eigenvalue weighted by atomic mass is 10.0. The molecule has 0 fully saturated rings. The number of unbranched alkanes of at least 4 members (excludes halogenated alkanes) is 11. The molecule has 8 nitrogen and oxygen atoms in total. The fourth-order valence-electron chi connectivity index (χ4n) is 5.40. The van der Waals surface area contributed by atoms with Crippen LogP contribution in [0, 0.1) is 0 Å². The lowest BCUT2D eigenvalue weighted by molar-refractivity contribution is -0.870. The van der Waals surface area contributed by atoms with Gasteiger partial charge in [-0.2, -0.15) is 0 Å². The van der Waals surface area contributed by atoms with Gasteiger partial charge in [0.25, 0.3) is 0 Å². The van der Waals surface area contributed by atoms with Crippen molar-refractivity contribution in [3.8, 4) is 0 Å². The average Bonchev–Trinajstić information content (AvgIpc) is 3.10. The number of phosphoric ester groups is 1. The van der Waals surface area contributed by atoms with E-state index in [1.807, 2.05) is 21.1 Å². The zero-order valence-corrected chi connectivity index (χ0v) is 35.4. The molecule has 0 aromatic rings. The molecule has 0 saturated heterocycles. The number of hydrogen-bond donors (Lipinski definition) is 3. The quantitative estimate of drug-likeness (QED) is 0.0254. The van der Waals surface area contributed by atoms with Crippen LogP contribution in [0.15, 0.2) is 72.9 Å². The number of quaternary nitrogens is 1. The van der Waals surface area contributed by atoms with Gasteiger partial charge in [0, 0.05) is 6.42 Å². The van der Waals surface area contributed by atoms with E-state index in [9.17, 15) is 19.4 Å². The first-order chi connectivity index (χ1) is 25.5.